The van der Waals surface area contributed by atoms with Crippen molar-refractivity contribution in [3.05, 3.63) is 24.3 Å². The van der Waals surface area contributed by atoms with E-state index < -0.39 is 0 Å². The van der Waals surface area contributed by atoms with Gasteiger partial charge in [0.05, 0.1) is 0 Å². The average Bonchev–Trinajstić information content (AvgIpc) is 2.68. The third kappa shape index (κ3) is 4.68. The van der Waals surface area contributed by atoms with Gasteiger partial charge in [0.1, 0.15) is 0 Å². The first-order valence-electron chi connectivity index (χ1n) is 10.2. The number of allylic oxidation sites excluding steroid dienone is 4. The molecule has 0 radical (unpaired) electrons. The van der Waals surface area contributed by atoms with Gasteiger partial charge in [0, 0.05) is 39.1 Å². The minimum absolute atomic E-state index is 0.0511. The quantitative estimate of drug-likeness (QED) is 0.840. The molecule has 1 N–H and O–H groups in total. The minimum Gasteiger partial charge on any atom is -0.343 e. The summed E-state index contributed by atoms with van der Waals surface area (Å²) in [5.41, 5.74) is 0. The normalized spacial score (nSPS) is 29.5. The van der Waals surface area contributed by atoms with Gasteiger partial charge in [-0.25, -0.2) is 4.79 Å². The van der Waals surface area contributed by atoms with Crippen LogP contribution in [0, 0.1) is 11.8 Å². The van der Waals surface area contributed by atoms with Crippen LogP contribution in [0.2, 0.25) is 0 Å². The Hall–Kier alpha value is -1.78. The summed E-state index contributed by atoms with van der Waals surface area (Å²) in [7, 11) is 1.90. The van der Waals surface area contributed by atoms with Crippen LogP contribution in [0.3, 0.4) is 0 Å². The molecule has 0 aromatic carbocycles. The van der Waals surface area contributed by atoms with Crippen molar-refractivity contribution in [3.63, 3.8) is 0 Å². The van der Waals surface area contributed by atoms with Crippen LogP contribution in [0.25, 0.3) is 0 Å². The van der Waals surface area contributed by atoms with Gasteiger partial charge in [0.2, 0.25) is 5.91 Å². The molecule has 1 saturated heterocycles. The summed E-state index contributed by atoms with van der Waals surface area (Å²) in [6.45, 7) is 3.13. The fourth-order valence-corrected chi connectivity index (χ4v) is 4.65. The summed E-state index contributed by atoms with van der Waals surface area (Å²) in [5, 5.41) is 3.25. The van der Waals surface area contributed by atoms with Crippen molar-refractivity contribution in [2.45, 2.75) is 64.0 Å². The molecular formula is C21H33N3O2. The van der Waals surface area contributed by atoms with E-state index in [9.17, 15) is 9.59 Å². The topological polar surface area (TPSA) is 52.7 Å². The second kappa shape index (κ2) is 8.74. The number of nitrogens with zero attached hydrogens (tertiary/aromatic N) is 2. The SMILES string of the molecule is CC(=O)N1CCC(N(C)C(=O)NC2CCC(C3C=CC=CC3)CC2)CC1. The Morgan fingerprint density at radius 2 is 1.73 bits per heavy atom. The van der Waals surface area contributed by atoms with E-state index in [4.69, 9.17) is 0 Å². The van der Waals surface area contributed by atoms with E-state index in [-0.39, 0.29) is 18.0 Å². The van der Waals surface area contributed by atoms with E-state index in [0.29, 0.717) is 12.0 Å². The molecule has 3 aliphatic rings. The Kier molecular flexibility index (Phi) is 6.38. The standard InChI is InChI=1S/C21H33N3O2/c1-16(25)24-14-12-20(13-15-24)23(2)21(26)22-19-10-8-18(9-11-19)17-6-4-3-5-7-17/h3-6,17-20H,7-15H2,1-2H3,(H,22,26). The molecule has 26 heavy (non-hydrogen) atoms. The maximum Gasteiger partial charge on any atom is 0.317 e. The predicted octanol–water partition coefficient (Wildman–Crippen LogP) is 3.33. The van der Waals surface area contributed by atoms with E-state index in [2.05, 4.69) is 29.6 Å². The third-order valence-corrected chi connectivity index (χ3v) is 6.50. The van der Waals surface area contributed by atoms with E-state index in [1.165, 1.54) is 19.3 Å². The molecule has 1 unspecified atom stereocenters. The number of rotatable bonds is 3. The van der Waals surface area contributed by atoms with Crippen LogP contribution in [0.5, 0.6) is 0 Å². The summed E-state index contributed by atoms with van der Waals surface area (Å²) in [5.74, 6) is 1.58. The molecular weight excluding hydrogens is 326 g/mol. The Morgan fingerprint density at radius 1 is 1.04 bits per heavy atom. The number of likely N-dealkylation sites (tertiary alicyclic amines) is 1. The molecule has 1 saturated carbocycles. The summed E-state index contributed by atoms with van der Waals surface area (Å²) in [4.78, 5) is 27.8. The maximum atomic E-state index is 12.6. The Labute approximate surface area is 157 Å². The molecule has 0 spiro atoms. The second-order valence-electron chi connectivity index (χ2n) is 8.12. The van der Waals surface area contributed by atoms with E-state index >= 15 is 0 Å². The fraction of sp³-hybridized carbons (Fsp3) is 0.714. The largest absolute Gasteiger partial charge is 0.343 e. The van der Waals surface area contributed by atoms with Crippen molar-refractivity contribution in [1.82, 2.24) is 15.1 Å². The number of amides is 3. The van der Waals surface area contributed by atoms with Gasteiger partial charge in [-0.1, -0.05) is 24.3 Å². The molecule has 2 fully saturated rings. The molecule has 0 aromatic heterocycles. The Bertz CT molecular complexity index is 556. The smallest absolute Gasteiger partial charge is 0.317 e. The predicted molar refractivity (Wildman–Crippen MR) is 104 cm³/mol. The van der Waals surface area contributed by atoms with Crippen molar-refractivity contribution in [3.8, 4) is 0 Å². The number of piperidine rings is 1. The molecule has 1 aliphatic heterocycles. The monoisotopic (exact) mass is 359 g/mol. The van der Waals surface area contributed by atoms with Crippen molar-refractivity contribution in [2.24, 2.45) is 11.8 Å². The lowest BCUT2D eigenvalue weighted by Gasteiger charge is -2.38. The first-order chi connectivity index (χ1) is 12.5. The van der Waals surface area contributed by atoms with Crippen molar-refractivity contribution in [2.75, 3.05) is 20.1 Å². The maximum absolute atomic E-state index is 12.6. The first-order valence-corrected chi connectivity index (χ1v) is 10.2. The van der Waals surface area contributed by atoms with E-state index in [0.717, 1.165) is 44.7 Å². The third-order valence-electron chi connectivity index (χ3n) is 6.50. The van der Waals surface area contributed by atoms with Gasteiger partial charge in [0.25, 0.3) is 0 Å². The van der Waals surface area contributed by atoms with Gasteiger partial charge in [-0.2, -0.15) is 0 Å². The van der Waals surface area contributed by atoms with E-state index in [1.807, 2.05) is 16.8 Å². The van der Waals surface area contributed by atoms with Gasteiger partial charge in [-0.15, -0.1) is 0 Å². The summed E-state index contributed by atoms with van der Waals surface area (Å²) in [6.07, 6.45) is 16.4. The number of nitrogens with one attached hydrogen (secondary N) is 1. The number of carbonyl (C=O) groups is 2. The molecule has 1 atom stereocenters. The van der Waals surface area contributed by atoms with Crippen LogP contribution in [0.4, 0.5) is 4.79 Å². The minimum atomic E-state index is 0.0511. The zero-order chi connectivity index (χ0) is 18.5. The summed E-state index contributed by atoms with van der Waals surface area (Å²) < 4.78 is 0. The number of carbonyl (C=O) groups excluding carboxylic acids is 2. The first kappa shape index (κ1) is 19.0. The van der Waals surface area contributed by atoms with Crippen LogP contribution in [0.1, 0.15) is 51.9 Å². The van der Waals surface area contributed by atoms with Gasteiger partial charge < -0.3 is 15.1 Å². The number of hydrogen-bond acceptors (Lipinski definition) is 2. The Balaban J connectivity index is 1.40. The fourth-order valence-electron chi connectivity index (χ4n) is 4.65. The second-order valence-corrected chi connectivity index (χ2v) is 8.12. The van der Waals surface area contributed by atoms with Crippen molar-refractivity contribution in [1.29, 1.82) is 0 Å². The van der Waals surface area contributed by atoms with Crippen LogP contribution in [-0.2, 0) is 4.79 Å². The zero-order valence-corrected chi connectivity index (χ0v) is 16.2. The molecule has 0 bridgehead atoms. The molecule has 3 amide bonds. The molecule has 2 aliphatic carbocycles. The molecule has 5 nitrogen and oxygen atoms in total. The number of urea groups is 1. The highest BCUT2D eigenvalue weighted by Gasteiger charge is 2.30. The van der Waals surface area contributed by atoms with Gasteiger partial charge in [-0.3, -0.25) is 4.79 Å². The van der Waals surface area contributed by atoms with Crippen LogP contribution >= 0.6 is 0 Å². The summed E-state index contributed by atoms with van der Waals surface area (Å²) >= 11 is 0. The van der Waals surface area contributed by atoms with Crippen molar-refractivity contribution >= 4 is 11.9 Å². The average molecular weight is 360 g/mol. The lowest BCUT2D eigenvalue weighted by molar-refractivity contribution is -0.130. The van der Waals surface area contributed by atoms with Gasteiger partial charge in [-0.05, 0) is 56.8 Å². The molecule has 5 heteroatoms. The molecule has 0 aromatic rings. The zero-order valence-electron chi connectivity index (χ0n) is 16.2. The van der Waals surface area contributed by atoms with Crippen LogP contribution < -0.4 is 5.32 Å². The lowest BCUT2D eigenvalue weighted by atomic mass is 9.76. The Morgan fingerprint density at radius 3 is 2.31 bits per heavy atom. The van der Waals surface area contributed by atoms with Crippen LogP contribution in [0.15, 0.2) is 24.3 Å². The van der Waals surface area contributed by atoms with Gasteiger partial charge >= 0.3 is 6.03 Å². The molecule has 1 heterocycles. The van der Waals surface area contributed by atoms with Crippen molar-refractivity contribution < 1.29 is 9.59 Å². The number of hydrogen-bond donors (Lipinski definition) is 1. The summed E-state index contributed by atoms with van der Waals surface area (Å²) in [6, 6.07) is 0.595. The highest BCUT2D eigenvalue weighted by molar-refractivity contribution is 5.75. The van der Waals surface area contributed by atoms with Gasteiger partial charge in [0.15, 0.2) is 0 Å². The molecule has 3 rings (SSSR count). The molecule has 144 valence electrons. The van der Waals surface area contributed by atoms with E-state index in [1.54, 1.807) is 6.92 Å². The lowest BCUT2D eigenvalue weighted by Crippen LogP contribution is -2.51. The highest BCUT2D eigenvalue weighted by atomic mass is 16.2. The highest BCUT2D eigenvalue weighted by Crippen LogP contribution is 2.34. The van der Waals surface area contributed by atoms with Crippen LogP contribution in [-0.4, -0.2) is 54.0 Å².